The summed E-state index contributed by atoms with van der Waals surface area (Å²) in [4.78, 5) is 0. The van der Waals surface area contributed by atoms with Crippen LogP contribution in [0, 0.1) is 0 Å². The van der Waals surface area contributed by atoms with Gasteiger partial charge in [0.15, 0.2) is 0 Å². The number of ether oxygens (including phenoxy) is 1. The van der Waals surface area contributed by atoms with Gasteiger partial charge in [0.2, 0.25) is 0 Å². The largest absolute Gasteiger partial charge is 0.372 e. The van der Waals surface area contributed by atoms with E-state index in [2.05, 4.69) is 56.0 Å². The van der Waals surface area contributed by atoms with Gasteiger partial charge in [0.1, 0.15) is 0 Å². The van der Waals surface area contributed by atoms with E-state index in [1.165, 1.54) is 16.3 Å². The highest BCUT2D eigenvalue weighted by molar-refractivity contribution is 6.88. The molecule has 0 fully saturated rings. The summed E-state index contributed by atoms with van der Waals surface area (Å²) in [6.07, 6.45) is 0. The van der Waals surface area contributed by atoms with Gasteiger partial charge in [-0.15, -0.1) is 0 Å². The Morgan fingerprint density at radius 2 is 1.26 bits per heavy atom. The summed E-state index contributed by atoms with van der Waals surface area (Å²) in [6.45, 7) is 8.47. The summed E-state index contributed by atoms with van der Waals surface area (Å²) < 4.78 is 5.74. The SMILES string of the molecule is C[Si](C)(C)c1ccc(COCc2ccccc2)cc1. The summed E-state index contributed by atoms with van der Waals surface area (Å²) >= 11 is 0. The van der Waals surface area contributed by atoms with E-state index < -0.39 is 8.07 Å². The molecule has 0 radical (unpaired) electrons. The first kappa shape index (κ1) is 14.0. The quantitative estimate of drug-likeness (QED) is 0.748. The minimum Gasteiger partial charge on any atom is -0.372 e. The molecule has 2 aromatic rings. The van der Waals surface area contributed by atoms with Crippen molar-refractivity contribution in [2.24, 2.45) is 0 Å². The maximum absolute atomic E-state index is 5.74. The lowest BCUT2D eigenvalue weighted by Gasteiger charge is -2.16. The van der Waals surface area contributed by atoms with Crippen molar-refractivity contribution in [2.75, 3.05) is 0 Å². The molecular weight excluding hydrogens is 248 g/mol. The first-order chi connectivity index (χ1) is 9.05. The Morgan fingerprint density at radius 3 is 1.79 bits per heavy atom. The number of benzene rings is 2. The Labute approximate surface area is 117 Å². The van der Waals surface area contributed by atoms with E-state index in [-0.39, 0.29) is 0 Å². The van der Waals surface area contributed by atoms with Gasteiger partial charge in [-0.2, -0.15) is 0 Å². The van der Waals surface area contributed by atoms with Crippen LogP contribution in [-0.2, 0) is 18.0 Å². The fourth-order valence-electron chi connectivity index (χ4n) is 1.96. The zero-order chi connectivity index (χ0) is 13.7. The maximum Gasteiger partial charge on any atom is 0.0775 e. The topological polar surface area (TPSA) is 9.23 Å². The molecule has 100 valence electrons. The van der Waals surface area contributed by atoms with Crippen LogP contribution >= 0.6 is 0 Å². The Balaban J connectivity index is 1.87. The molecule has 0 saturated carbocycles. The highest BCUT2D eigenvalue weighted by Gasteiger charge is 2.15. The Bertz CT molecular complexity index is 497. The van der Waals surface area contributed by atoms with Gasteiger partial charge in [0, 0.05) is 0 Å². The van der Waals surface area contributed by atoms with Crippen molar-refractivity contribution in [3.05, 3.63) is 65.7 Å². The average Bonchev–Trinajstić information content (AvgIpc) is 2.39. The first-order valence-corrected chi connectivity index (χ1v) is 10.3. The highest BCUT2D eigenvalue weighted by atomic mass is 28.3. The molecule has 2 aromatic carbocycles. The summed E-state index contributed by atoms with van der Waals surface area (Å²) in [7, 11) is -1.18. The van der Waals surface area contributed by atoms with Crippen LogP contribution in [-0.4, -0.2) is 8.07 Å². The predicted molar refractivity (Wildman–Crippen MR) is 84.4 cm³/mol. The third-order valence-electron chi connectivity index (χ3n) is 3.20. The van der Waals surface area contributed by atoms with Gasteiger partial charge in [-0.25, -0.2) is 0 Å². The van der Waals surface area contributed by atoms with E-state index in [1.807, 2.05) is 18.2 Å². The van der Waals surface area contributed by atoms with Crippen molar-refractivity contribution in [1.82, 2.24) is 0 Å². The van der Waals surface area contributed by atoms with Crippen molar-refractivity contribution < 1.29 is 4.74 Å². The molecule has 0 spiro atoms. The lowest BCUT2D eigenvalue weighted by molar-refractivity contribution is 0.107. The molecular formula is C17H22OSi. The van der Waals surface area contributed by atoms with E-state index in [1.54, 1.807) is 0 Å². The molecule has 0 aliphatic rings. The molecule has 0 aromatic heterocycles. The minimum atomic E-state index is -1.18. The summed E-state index contributed by atoms with van der Waals surface area (Å²) in [6, 6.07) is 19.2. The van der Waals surface area contributed by atoms with E-state index >= 15 is 0 Å². The summed E-state index contributed by atoms with van der Waals surface area (Å²) in [5.41, 5.74) is 2.47. The molecule has 0 heterocycles. The Morgan fingerprint density at radius 1 is 0.737 bits per heavy atom. The minimum absolute atomic E-state index is 0.677. The molecule has 0 amide bonds. The Kier molecular flexibility index (Phi) is 4.56. The van der Waals surface area contributed by atoms with E-state index in [4.69, 9.17) is 4.74 Å². The summed E-state index contributed by atoms with van der Waals surface area (Å²) in [5.74, 6) is 0. The van der Waals surface area contributed by atoms with Crippen LogP contribution < -0.4 is 5.19 Å². The lowest BCUT2D eigenvalue weighted by atomic mass is 10.2. The number of hydrogen-bond donors (Lipinski definition) is 0. The average molecular weight is 270 g/mol. The maximum atomic E-state index is 5.74. The standard InChI is InChI=1S/C17H22OSi/c1-19(2,3)17-11-9-16(10-12-17)14-18-13-15-7-5-4-6-8-15/h4-12H,13-14H2,1-3H3. The van der Waals surface area contributed by atoms with Crippen molar-refractivity contribution in [3.8, 4) is 0 Å². The van der Waals surface area contributed by atoms with Gasteiger partial charge >= 0.3 is 0 Å². The van der Waals surface area contributed by atoms with Crippen LogP contribution in [0.5, 0.6) is 0 Å². The zero-order valence-corrected chi connectivity index (χ0v) is 13.0. The van der Waals surface area contributed by atoms with Crippen molar-refractivity contribution >= 4 is 13.3 Å². The van der Waals surface area contributed by atoms with Crippen LogP contribution in [0.4, 0.5) is 0 Å². The van der Waals surface area contributed by atoms with Gasteiger partial charge in [-0.1, -0.05) is 79.4 Å². The molecule has 0 aliphatic heterocycles. The number of hydrogen-bond acceptors (Lipinski definition) is 1. The highest BCUT2D eigenvalue weighted by Crippen LogP contribution is 2.07. The third-order valence-corrected chi connectivity index (χ3v) is 5.27. The predicted octanol–water partition coefficient (Wildman–Crippen LogP) is 3.95. The molecule has 0 N–H and O–H groups in total. The molecule has 0 unspecified atom stereocenters. The second kappa shape index (κ2) is 6.18. The molecule has 0 saturated heterocycles. The van der Waals surface area contributed by atoms with Crippen LogP contribution in [0.15, 0.2) is 54.6 Å². The normalized spacial score (nSPS) is 11.5. The Hall–Kier alpha value is -1.38. The molecule has 2 rings (SSSR count). The third kappa shape index (κ3) is 4.34. The molecule has 1 nitrogen and oxygen atoms in total. The lowest BCUT2D eigenvalue weighted by Crippen LogP contribution is -2.37. The second-order valence-electron chi connectivity index (χ2n) is 5.93. The van der Waals surface area contributed by atoms with Crippen LogP contribution in [0.2, 0.25) is 19.6 Å². The molecule has 2 heteroatoms. The summed E-state index contributed by atoms with van der Waals surface area (Å²) in [5, 5.41) is 1.50. The first-order valence-electron chi connectivity index (χ1n) is 6.77. The van der Waals surface area contributed by atoms with Gasteiger partial charge in [0.05, 0.1) is 21.3 Å². The zero-order valence-electron chi connectivity index (χ0n) is 12.0. The molecule has 0 aliphatic carbocycles. The van der Waals surface area contributed by atoms with Gasteiger partial charge < -0.3 is 4.74 Å². The van der Waals surface area contributed by atoms with Crippen LogP contribution in [0.3, 0.4) is 0 Å². The fourth-order valence-corrected chi connectivity index (χ4v) is 3.13. The van der Waals surface area contributed by atoms with Crippen molar-refractivity contribution in [2.45, 2.75) is 32.9 Å². The van der Waals surface area contributed by atoms with Crippen molar-refractivity contribution in [3.63, 3.8) is 0 Å². The fraction of sp³-hybridized carbons (Fsp3) is 0.294. The van der Waals surface area contributed by atoms with Crippen molar-refractivity contribution in [1.29, 1.82) is 0 Å². The van der Waals surface area contributed by atoms with E-state index in [0.29, 0.717) is 13.2 Å². The van der Waals surface area contributed by atoms with Gasteiger partial charge in [-0.3, -0.25) is 0 Å². The second-order valence-corrected chi connectivity index (χ2v) is 11.0. The molecule has 19 heavy (non-hydrogen) atoms. The molecule has 0 bridgehead atoms. The molecule has 0 atom stereocenters. The van der Waals surface area contributed by atoms with Gasteiger partial charge in [-0.05, 0) is 11.1 Å². The monoisotopic (exact) mass is 270 g/mol. The van der Waals surface area contributed by atoms with Crippen LogP contribution in [0.25, 0.3) is 0 Å². The van der Waals surface area contributed by atoms with Gasteiger partial charge in [0.25, 0.3) is 0 Å². The van der Waals surface area contributed by atoms with E-state index in [0.717, 1.165) is 0 Å². The van der Waals surface area contributed by atoms with E-state index in [9.17, 15) is 0 Å². The van der Waals surface area contributed by atoms with Crippen LogP contribution in [0.1, 0.15) is 11.1 Å². The smallest absolute Gasteiger partial charge is 0.0775 e. The number of rotatable bonds is 5.